The van der Waals surface area contributed by atoms with Gasteiger partial charge < -0.3 is 9.55 Å². The standard InChI is InChI=1S/C23H15N3/c1-3-9-20-16(7-1)18-13-23-19(12-21(18)25-20)17-8-2-4-10-22(17)26(23)15-6-5-11-24-14-15/h1-14,25H. The van der Waals surface area contributed by atoms with Gasteiger partial charge in [-0.25, -0.2) is 0 Å². The number of H-pyrrole nitrogens is 1. The molecule has 0 amide bonds. The molecule has 0 spiro atoms. The number of fused-ring (bicyclic) bond motifs is 6. The molecule has 0 bridgehead atoms. The van der Waals surface area contributed by atoms with Crippen LogP contribution in [0.5, 0.6) is 0 Å². The summed E-state index contributed by atoms with van der Waals surface area (Å²) < 4.78 is 2.30. The third-order valence-electron chi connectivity index (χ3n) is 5.20. The van der Waals surface area contributed by atoms with E-state index in [1.54, 1.807) is 0 Å². The van der Waals surface area contributed by atoms with Crippen molar-refractivity contribution in [3.05, 3.63) is 85.2 Å². The molecule has 0 aliphatic rings. The average molecular weight is 333 g/mol. The summed E-state index contributed by atoms with van der Waals surface area (Å²) in [5.74, 6) is 0. The lowest BCUT2D eigenvalue weighted by Crippen LogP contribution is -1.93. The molecule has 3 heterocycles. The van der Waals surface area contributed by atoms with E-state index in [1.165, 1.54) is 43.6 Å². The van der Waals surface area contributed by atoms with Gasteiger partial charge in [-0.1, -0.05) is 36.4 Å². The zero-order valence-corrected chi connectivity index (χ0v) is 14.0. The highest BCUT2D eigenvalue weighted by Crippen LogP contribution is 2.36. The largest absolute Gasteiger partial charge is 0.354 e. The van der Waals surface area contributed by atoms with Crippen molar-refractivity contribution in [1.29, 1.82) is 0 Å². The fourth-order valence-corrected chi connectivity index (χ4v) is 4.08. The van der Waals surface area contributed by atoms with Gasteiger partial charge in [-0.2, -0.15) is 0 Å². The van der Waals surface area contributed by atoms with E-state index in [0.29, 0.717) is 0 Å². The maximum absolute atomic E-state index is 4.33. The Morgan fingerprint density at radius 3 is 2.38 bits per heavy atom. The zero-order valence-electron chi connectivity index (χ0n) is 14.0. The van der Waals surface area contributed by atoms with Crippen LogP contribution in [0.1, 0.15) is 0 Å². The van der Waals surface area contributed by atoms with Crippen LogP contribution >= 0.6 is 0 Å². The van der Waals surface area contributed by atoms with Crippen molar-refractivity contribution in [1.82, 2.24) is 14.5 Å². The van der Waals surface area contributed by atoms with Gasteiger partial charge in [-0.15, -0.1) is 0 Å². The van der Waals surface area contributed by atoms with Crippen LogP contribution in [0.25, 0.3) is 49.3 Å². The Kier molecular flexibility index (Phi) is 2.61. The van der Waals surface area contributed by atoms with E-state index in [9.17, 15) is 0 Å². The molecule has 3 aromatic carbocycles. The molecule has 3 heteroatoms. The lowest BCUT2D eigenvalue weighted by Gasteiger charge is -2.06. The van der Waals surface area contributed by atoms with Crippen LogP contribution in [0.3, 0.4) is 0 Å². The fourth-order valence-electron chi connectivity index (χ4n) is 4.08. The lowest BCUT2D eigenvalue weighted by molar-refractivity contribution is 1.14. The van der Waals surface area contributed by atoms with E-state index in [1.807, 2.05) is 18.5 Å². The highest BCUT2D eigenvalue weighted by Gasteiger charge is 2.14. The van der Waals surface area contributed by atoms with Crippen molar-refractivity contribution in [2.75, 3.05) is 0 Å². The van der Waals surface area contributed by atoms with Gasteiger partial charge in [-0.05, 0) is 36.4 Å². The quantitative estimate of drug-likeness (QED) is 0.404. The minimum absolute atomic E-state index is 1.08. The summed E-state index contributed by atoms with van der Waals surface area (Å²) in [6.45, 7) is 0. The van der Waals surface area contributed by atoms with Crippen molar-refractivity contribution in [2.24, 2.45) is 0 Å². The summed E-state index contributed by atoms with van der Waals surface area (Å²) in [5.41, 5.74) is 5.84. The number of benzene rings is 3. The van der Waals surface area contributed by atoms with E-state index < -0.39 is 0 Å². The predicted octanol–water partition coefficient (Wildman–Crippen LogP) is 5.81. The first kappa shape index (κ1) is 13.7. The Balaban J connectivity index is 1.86. The molecule has 0 unspecified atom stereocenters. The molecule has 0 aliphatic heterocycles. The van der Waals surface area contributed by atoms with Gasteiger partial charge in [0.25, 0.3) is 0 Å². The topological polar surface area (TPSA) is 33.6 Å². The molecule has 0 radical (unpaired) electrons. The number of rotatable bonds is 1. The number of para-hydroxylation sites is 2. The Morgan fingerprint density at radius 2 is 1.50 bits per heavy atom. The highest BCUT2D eigenvalue weighted by atomic mass is 15.0. The number of nitrogens with one attached hydrogen (secondary N) is 1. The van der Waals surface area contributed by atoms with Crippen LogP contribution in [0, 0.1) is 0 Å². The van der Waals surface area contributed by atoms with Crippen molar-refractivity contribution >= 4 is 43.6 Å². The number of hydrogen-bond donors (Lipinski definition) is 1. The Bertz CT molecular complexity index is 1420. The van der Waals surface area contributed by atoms with Crippen molar-refractivity contribution in [2.45, 2.75) is 0 Å². The summed E-state index contributed by atoms with van der Waals surface area (Å²) in [4.78, 5) is 7.89. The maximum atomic E-state index is 4.33. The monoisotopic (exact) mass is 333 g/mol. The van der Waals surface area contributed by atoms with Crippen molar-refractivity contribution < 1.29 is 0 Å². The van der Waals surface area contributed by atoms with Crippen molar-refractivity contribution in [3.8, 4) is 5.69 Å². The van der Waals surface area contributed by atoms with Crippen LogP contribution in [0.4, 0.5) is 0 Å². The third kappa shape index (κ3) is 1.74. The Labute approximate surface area is 149 Å². The van der Waals surface area contributed by atoms with E-state index in [2.05, 4.69) is 81.3 Å². The molecule has 0 fully saturated rings. The summed E-state index contributed by atoms with van der Waals surface area (Å²) in [6.07, 6.45) is 3.74. The first-order valence-electron chi connectivity index (χ1n) is 8.74. The summed E-state index contributed by atoms with van der Waals surface area (Å²) in [5, 5.41) is 5.02. The molecule has 1 N–H and O–H groups in total. The second kappa shape index (κ2) is 4.96. The smallest absolute Gasteiger partial charge is 0.0645 e. The zero-order chi connectivity index (χ0) is 17.1. The molecule has 0 atom stereocenters. The molecule has 0 saturated carbocycles. The minimum Gasteiger partial charge on any atom is -0.354 e. The Morgan fingerprint density at radius 1 is 0.654 bits per heavy atom. The molecule has 0 aliphatic carbocycles. The van der Waals surface area contributed by atoms with Gasteiger partial charge in [0, 0.05) is 38.8 Å². The first-order chi connectivity index (χ1) is 12.9. The van der Waals surface area contributed by atoms with E-state index >= 15 is 0 Å². The summed E-state index contributed by atoms with van der Waals surface area (Å²) in [7, 11) is 0. The molecular formula is C23H15N3. The molecule has 0 saturated heterocycles. The van der Waals surface area contributed by atoms with Gasteiger partial charge in [0.05, 0.1) is 22.9 Å². The molecular weight excluding hydrogens is 318 g/mol. The van der Waals surface area contributed by atoms with Gasteiger partial charge in [0.1, 0.15) is 0 Å². The molecule has 6 rings (SSSR count). The van der Waals surface area contributed by atoms with Gasteiger partial charge >= 0.3 is 0 Å². The first-order valence-corrected chi connectivity index (χ1v) is 8.74. The second-order valence-electron chi connectivity index (χ2n) is 6.65. The number of pyridine rings is 1. The van der Waals surface area contributed by atoms with Gasteiger partial charge in [0.2, 0.25) is 0 Å². The van der Waals surface area contributed by atoms with Crippen LogP contribution in [0.15, 0.2) is 85.2 Å². The number of nitrogens with zero attached hydrogens (tertiary/aromatic N) is 2. The molecule has 26 heavy (non-hydrogen) atoms. The molecule has 122 valence electrons. The summed E-state index contributed by atoms with van der Waals surface area (Å²) in [6, 6.07) is 25.7. The average Bonchev–Trinajstić information content (AvgIpc) is 3.22. The number of hydrogen-bond acceptors (Lipinski definition) is 1. The summed E-state index contributed by atoms with van der Waals surface area (Å²) >= 11 is 0. The van der Waals surface area contributed by atoms with E-state index in [4.69, 9.17) is 0 Å². The second-order valence-corrected chi connectivity index (χ2v) is 6.65. The van der Waals surface area contributed by atoms with Crippen molar-refractivity contribution in [3.63, 3.8) is 0 Å². The van der Waals surface area contributed by atoms with Crippen LogP contribution in [-0.4, -0.2) is 14.5 Å². The number of aromatic nitrogens is 3. The lowest BCUT2D eigenvalue weighted by atomic mass is 10.1. The molecule has 6 aromatic rings. The fraction of sp³-hybridized carbons (Fsp3) is 0. The maximum Gasteiger partial charge on any atom is 0.0645 e. The Hall–Kier alpha value is -3.59. The SMILES string of the molecule is c1cncc(-n2c3ccccc3c3cc4[nH]c5ccccc5c4cc32)c1. The van der Waals surface area contributed by atoms with Gasteiger partial charge in [-0.3, -0.25) is 4.98 Å². The third-order valence-corrected chi connectivity index (χ3v) is 5.20. The van der Waals surface area contributed by atoms with E-state index in [-0.39, 0.29) is 0 Å². The predicted molar refractivity (Wildman–Crippen MR) is 108 cm³/mol. The normalized spacial score (nSPS) is 11.8. The minimum atomic E-state index is 1.08. The van der Waals surface area contributed by atoms with Gasteiger partial charge in [0.15, 0.2) is 0 Å². The molecule has 3 nitrogen and oxygen atoms in total. The van der Waals surface area contributed by atoms with Crippen LogP contribution in [-0.2, 0) is 0 Å². The van der Waals surface area contributed by atoms with Crippen LogP contribution < -0.4 is 0 Å². The number of aromatic amines is 1. The van der Waals surface area contributed by atoms with E-state index in [0.717, 1.165) is 5.69 Å². The highest BCUT2D eigenvalue weighted by molar-refractivity contribution is 6.17. The molecule has 3 aromatic heterocycles. The van der Waals surface area contributed by atoms with Crippen LogP contribution in [0.2, 0.25) is 0 Å².